The molecule has 98 valence electrons. The third kappa shape index (κ3) is 4.26. The minimum absolute atomic E-state index is 0.00571. The zero-order valence-corrected chi connectivity index (χ0v) is 11.9. The van der Waals surface area contributed by atoms with Gasteiger partial charge in [-0.15, -0.1) is 0 Å². The molecule has 0 spiro atoms. The van der Waals surface area contributed by atoms with Crippen molar-refractivity contribution >= 4 is 15.9 Å². The van der Waals surface area contributed by atoms with E-state index in [0.717, 1.165) is 12.1 Å². The molecule has 0 fully saturated rings. The second-order valence-corrected chi connectivity index (χ2v) is 5.50. The summed E-state index contributed by atoms with van der Waals surface area (Å²) in [6.07, 6.45) is 1.29. The van der Waals surface area contributed by atoms with Gasteiger partial charge in [-0.05, 0) is 48.7 Å². The highest BCUT2D eigenvalue weighted by atomic mass is 79.9. The van der Waals surface area contributed by atoms with Crippen molar-refractivity contribution in [1.29, 1.82) is 5.26 Å². The van der Waals surface area contributed by atoms with Gasteiger partial charge >= 0.3 is 0 Å². The first-order chi connectivity index (χ1) is 8.35. The van der Waals surface area contributed by atoms with Crippen LogP contribution in [0.4, 0.5) is 8.78 Å². The number of hydrogen-bond acceptors (Lipinski definition) is 2. The van der Waals surface area contributed by atoms with Crippen molar-refractivity contribution in [3.8, 4) is 11.8 Å². The molecule has 0 aliphatic rings. The Balaban J connectivity index is 2.53. The van der Waals surface area contributed by atoms with Gasteiger partial charge in [-0.25, -0.2) is 8.78 Å². The Hall–Kier alpha value is -1.15. The monoisotopic (exact) mass is 317 g/mol. The molecule has 1 rings (SSSR count). The fourth-order valence-corrected chi connectivity index (χ4v) is 1.93. The molecule has 0 bridgehead atoms. The normalized spacial score (nSPS) is 11.1. The van der Waals surface area contributed by atoms with Crippen LogP contribution in [0.25, 0.3) is 0 Å². The summed E-state index contributed by atoms with van der Waals surface area (Å²) in [5.74, 6) is -1.38. The largest absolute Gasteiger partial charge is 0.489 e. The van der Waals surface area contributed by atoms with Crippen molar-refractivity contribution in [2.24, 2.45) is 5.41 Å². The predicted octanol–water partition coefficient (Wildman–Crippen LogP) is 4.44. The van der Waals surface area contributed by atoms with Gasteiger partial charge in [-0.3, -0.25) is 0 Å². The number of nitrogens with zero attached hydrogens (tertiary/aromatic N) is 1. The highest BCUT2D eigenvalue weighted by molar-refractivity contribution is 9.10. The molecular formula is C13H14BrF2NO. The lowest BCUT2D eigenvalue weighted by Gasteiger charge is -2.15. The van der Waals surface area contributed by atoms with Crippen LogP contribution in [0.15, 0.2) is 16.6 Å². The summed E-state index contributed by atoms with van der Waals surface area (Å²) in [5.41, 5.74) is -0.415. The molecule has 0 saturated heterocycles. The summed E-state index contributed by atoms with van der Waals surface area (Å²) >= 11 is 3.05. The Morgan fingerprint density at radius 3 is 2.61 bits per heavy atom. The maximum atomic E-state index is 13.4. The quantitative estimate of drug-likeness (QED) is 0.752. The van der Waals surface area contributed by atoms with Crippen LogP contribution >= 0.6 is 15.9 Å². The number of rotatable bonds is 5. The zero-order chi connectivity index (χ0) is 13.8. The number of hydrogen-bond donors (Lipinski definition) is 0. The molecular weight excluding hydrogens is 304 g/mol. The van der Waals surface area contributed by atoms with Crippen molar-refractivity contribution in [2.75, 3.05) is 6.61 Å². The Morgan fingerprint density at radius 2 is 2.06 bits per heavy atom. The first kappa shape index (κ1) is 14.9. The highest BCUT2D eigenvalue weighted by Crippen LogP contribution is 2.29. The number of ether oxygens (including phenoxy) is 1. The van der Waals surface area contributed by atoms with E-state index in [1.165, 1.54) is 0 Å². The van der Waals surface area contributed by atoms with Gasteiger partial charge in [-0.1, -0.05) is 0 Å². The average Bonchev–Trinajstić information content (AvgIpc) is 2.26. The Labute approximate surface area is 114 Å². The van der Waals surface area contributed by atoms with E-state index in [9.17, 15) is 8.78 Å². The zero-order valence-electron chi connectivity index (χ0n) is 10.3. The standard InChI is InChI=1S/C13H14BrF2NO/c1-13(2,8-17)4-3-5-18-12-10(14)6-9(15)7-11(12)16/h6-7H,3-5H2,1-2H3. The Bertz CT molecular complexity index is 446. The van der Waals surface area contributed by atoms with Crippen molar-refractivity contribution in [2.45, 2.75) is 26.7 Å². The molecule has 0 atom stereocenters. The summed E-state index contributed by atoms with van der Waals surface area (Å²) in [6.45, 7) is 3.95. The molecule has 0 aliphatic heterocycles. The van der Waals surface area contributed by atoms with Gasteiger partial charge < -0.3 is 4.74 Å². The lowest BCUT2D eigenvalue weighted by Crippen LogP contribution is -2.10. The molecule has 18 heavy (non-hydrogen) atoms. The second-order valence-electron chi connectivity index (χ2n) is 4.65. The van der Waals surface area contributed by atoms with Crippen LogP contribution in [-0.4, -0.2) is 6.61 Å². The molecule has 0 N–H and O–H groups in total. The van der Waals surface area contributed by atoms with E-state index in [2.05, 4.69) is 22.0 Å². The Morgan fingerprint density at radius 1 is 1.39 bits per heavy atom. The van der Waals surface area contributed by atoms with Crippen LogP contribution in [0.5, 0.6) is 5.75 Å². The molecule has 0 radical (unpaired) electrons. The van der Waals surface area contributed by atoms with Crippen molar-refractivity contribution in [3.05, 3.63) is 28.2 Å². The molecule has 0 heterocycles. The minimum Gasteiger partial charge on any atom is -0.489 e. The SMILES string of the molecule is CC(C)(C#N)CCCOc1c(F)cc(F)cc1Br. The summed E-state index contributed by atoms with van der Waals surface area (Å²) in [6, 6.07) is 4.11. The van der Waals surface area contributed by atoms with Gasteiger partial charge in [0.15, 0.2) is 11.6 Å². The first-order valence-electron chi connectivity index (χ1n) is 5.54. The lowest BCUT2D eigenvalue weighted by atomic mass is 9.90. The van der Waals surface area contributed by atoms with Crippen LogP contribution in [0.2, 0.25) is 0 Å². The van der Waals surface area contributed by atoms with Gasteiger partial charge in [-0.2, -0.15) is 5.26 Å². The molecule has 2 nitrogen and oxygen atoms in total. The number of nitriles is 1. The van der Waals surface area contributed by atoms with Crippen molar-refractivity contribution < 1.29 is 13.5 Å². The van der Waals surface area contributed by atoms with E-state index < -0.39 is 17.0 Å². The summed E-state index contributed by atoms with van der Waals surface area (Å²) in [7, 11) is 0. The number of halogens is 3. The number of benzene rings is 1. The molecule has 0 saturated carbocycles. The first-order valence-corrected chi connectivity index (χ1v) is 6.33. The van der Waals surface area contributed by atoms with Crippen LogP contribution < -0.4 is 4.74 Å². The van der Waals surface area contributed by atoms with Gasteiger partial charge in [0.25, 0.3) is 0 Å². The maximum absolute atomic E-state index is 13.4. The van der Waals surface area contributed by atoms with E-state index in [-0.39, 0.29) is 16.8 Å². The van der Waals surface area contributed by atoms with Crippen molar-refractivity contribution in [1.82, 2.24) is 0 Å². The van der Waals surface area contributed by atoms with Crippen LogP contribution in [0.1, 0.15) is 26.7 Å². The second kappa shape index (κ2) is 6.14. The Kier molecular flexibility index (Phi) is 5.09. The summed E-state index contributed by atoms with van der Waals surface area (Å²) < 4.78 is 31.7. The van der Waals surface area contributed by atoms with Crippen LogP contribution in [0.3, 0.4) is 0 Å². The van der Waals surface area contributed by atoms with Gasteiger partial charge in [0.05, 0.1) is 22.6 Å². The van der Waals surface area contributed by atoms with Crippen molar-refractivity contribution in [3.63, 3.8) is 0 Å². The predicted molar refractivity (Wildman–Crippen MR) is 68.2 cm³/mol. The topological polar surface area (TPSA) is 33.0 Å². The average molecular weight is 318 g/mol. The van der Waals surface area contributed by atoms with Gasteiger partial charge in [0, 0.05) is 6.07 Å². The molecule has 0 aromatic heterocycles. The van der Waals surface area contributed by atoms with E-state index in [1.54, 1.807) is 0 Å². The van der Waals surface area contributed by atoms with E-state index >= 15 is 0 Å². The molecule has 5 heteroatoms. The van der Waals surface area contributed by atoms with E-state index in [0.29, 0.717) is 12.8 Å². The highest BCUT2D eigenvalue weighted by Gasteiger charge is 2.16. The van der Waals surface area contributed by atoms with Crippen LogP contribution in [0, 0.1) is 28.4 Å². The lowest BCUT2D eigenvalue weighted by molar-refractivity contribution is 0.270. The summed E-state index contributed by atoms with van der Waals surface area (Å²) in [5, 5.41) is 8.83. The third-order valence-corrected chi connectivity index (χ3v) is 3.05. The molecule has 1 aromatic carbocycles. The third-order valence-electron chi connectivity index (χ3n) is 2.46. The fraction of sp³-hybridized carbons (Fsp3) is 0.462. The van der Waals surface area contributed by atoms with Gasteiger partial charge in [0.1, 0.15) is 5.82 Å². The smallest absolute Gasteiger partial charge is 0.169 e. The molecule has 0 amide bonds. The minimum atomic E-state index is -0.735. The van der Waals surface area contributed by atoms with Crippen LogP contribution in [-0.2, 0) is 0 Å². The molecule has 0 unspecified atom stereocenters. The van der Waals surface area contributed by atoms with E-state index in [1.807, 2.05) is 13.8 Å². The summed E-state index contributed by atoms with van der Waals surface area (Å²) in [4.78, 5) is 0. The van der Waals surface area contributed by atoms with Gasteiger partial charge in [0.2, 0.25) is 0 Å². The van der Waals surface area contributed by atoms with E-state index in [4.69, 9.17) is 10.00 Å². The molecule has 0 aliphatic carbocycles. The maximum Gasteiger partial charge on any atom is 0.169 e. The molecule has 1 aromatic rings. The fourth-order valence-electron chi connectivity index (χ4n) is 1.41.